The van der Waals surface area contributed by atoms with Gasteiger partial charge in [-0.2, -0.15) is 16.8 Å². The molecule has 1 heterocycles. The van der Waals surface area contributed by atoms with E-state index in [1.54, 1.807) is 11.3 Å². The molecule has 0 aliphatic carbocycles. The molecule has 0 aromatic carbocycles. The molecular weight excluding hydrogens is 170 g/mol. The molecule has 12 heavy (non-hydrogen) atoms. The number of hydrogen-bond donors (Lipinski definition) is 1. The third-order valence-electron chi connectivity index (χ3n) is 1.23. The summed E-state index contributed by atoms with van der Waals surface area (Å²) in [5, 5.41) is 4.17. The summed E-state index contributed by atoms with van der Waals surface area (Å²) in [5.41, 5.74) is 4.09. The first kappa shape index (κ1) is 9.71. The van der Waals surface area contributed by atoms with E-state index in [0.717, 1.165) is 6.54 Å². The Bertz CT molecular complexity index is 213. The fourth-order valence-electron chi connectivity index (χ4n) is 0.729. The molecule has 0 unspecified atom stereocenters. The summed E-state index contributed by atoms with van der Waals surface area (Å²) in [5.74, 6) is 0. The topological polar surface area (TPSA) is 21.3 Å². The second-order valence-electron chi connectivity index (χ2n) is 3.67. The van der Waals surface area contributed by atoms with Gasteiger partial charge in [0.1, 0.15) is 0 Å². The van der Waals surface area contributed by atoms with Crippen LogP contribution in [0.5, 0.6) is 0 Å². The molecule has 0 spiro atoms. The lowest BCUT2D eigenvalue weighted by Gasteiger charge is -2.18. The predicted molar refractivity (Wildman–Crippen MR) is 52.0 cm³/mol. The van der Waals surface area contributed by atoms with Crippen LogP contribution in [0.1, 0.15) is 26.3 Å². The van der Waals surface area contributed by atoms with E-state index in [-0.39, 0.29) is 5.60 Å². The van der Waals surface area contributed by atoms with Gasteiger partial charge in [0.2, 0.25) is 0 Å². The summed E-state index contributed by atoms with van der Waals surface area (Å²) in [6.07, 6.45) is 0. The maximum atomic E-state index is 5.36. The minimum Gasteiger partial charge on any atom is -0.296 e. The lowest BCUT2D eigenvalue weighted by molar-refractivity contribution is -0.0757. The molecular formula is C9H15NOS. The molecule has 0 aliphatic heterocycles. The Morgan fingerprint density at radius 1 is 1.50 bits per heavy atom. The average Bonchev–Trinajstić information content (AvgIpc) is 2.36. The van der Waals surface area contributed by atoms with Crippen molar-refractivity contribution in [2.24, 2.45) is 0 Å². The first-order valence-corrected chi connectivity index (χ1v) is 4.94. The summed E-state index contributed by atoms with van der Waals surface area (Å²) in [6, 6.07) is 2.09. The smallest absolute Gasteiger partial charge is 0.0813 e. The van der Waals surface area contributed by atoms with Crippen LogP contribution < -0.4 is 5.48 Å². The van der Waals surface area contributed by atoms with Crippen molar-refractivity contribution >= 4 is 11.3 Å². The van der Waals surface area contributed by atoms with Gasteiger partial charge in [-0.25, -0.2) is 0 Å². The molecule has 0 bridgehead atoms. The maximum absolute atomic E-state index is 5.36. The maximum Gasteiger partial charge on any atom is 0.0813 e. The molecule has 0 saturated carbocycles. The van der Waals surface area contributed by atoms with Crippen LogP contribution in [0, 0.1) is 0 Å². The van der Waals surface area contributed by atoms with Crippen molar-refractivity contribution in [3.8, 4) is 0 Å². The summed E-state index contributed by atoms with van der Waals surface area (Å²) in [7, 11) is 0. The highest BCUT2D eigenvalue weighted by molar-refractivity contribution is 7.07. The van der Waals surface area contributed by atoms with Gasteiger partial charge >= 0.3 is 0 Å². The molecule has 2 nitrogen and oxygen atoms in total. The van der Waals surface area contributed by atoms with Gasteiger partial charge in [-0.15, -0.1) is 0 Å². The first-order chi connectivity index (χ1) is 5.58. The second-order valence-corrected chi connectivity index (χ2v) is 4.45. The van der Waals surface area contributed by atoms with Crippen LogP contribution in [0.15, 0.2) is 16.8 Å². The van der Waals surface area contributed by atoms with Crippen molar-refractivity contribution in [3.05, 3.63) is 22.4 Å². The number of thiophene rings is 1. The molecule has 1 rings (SSSR count). The Morgan fingerprint density at radius 3 is 2.75 bits per heavy atom. The molecule has 0 radical (unpaired) electrons. The number of hydroxylamine groups is 1. The largest absolute Gasteiger partial charge is 0.296 e. The molecule has 0 amide bonds. The van der Waals surface area contributed by atoms with Gasteiger partial charge in [-0.3, -0.25) is 4.84 Å². The molecule has 0 aliphatic rings. The highest BCUT2D eigenvalue weighted by atomic mass is 32.1. The van der Waals surface area contributed by atoms with Crippen molar-refractivity contribution in [1.82, 2.24) is 5.48 Å². The molecule has 0 atom stereocenters. The van der Waals surface area contributed by atoms with Crippen LogP contribution in [0.3, 0.4) is 0 Å². The lowest BCUT2D eigenvalue weighted by Crippen LogP contribution is -2.28. The Hall–Kier alpha value is -0.380. The molecule has 68 valence electrons. The molecule has 0 fully saturated rings. The Morgan fingerprint density at radius 2 is 2.25 bits per heavy atom. The minimum atomic E-state index is -0.115. The van der Waals surface area contributed by atoms with E-state index >= 15 is 0 Å². The standard InChI is InChI=1S/C9H15NOS/c1-9(2,3)11-10-6-8-4-5-12-7-8/h4-5,7,10H,6H2,1-3H3. The third kappa shape index (κ3) is 3.85. The van der Waals surface area contributed by atoms with Gasteiger partial charge in [0, 0.05) is 6.54 Å². The van der Waals surface area contributed by atoms with Crippen molar-refractivity contribution in [1.29, 1.82) is 0 Å². The van der Waals surface area contributed by atoms with Gasteiger partial charge < -0.3 is 0 Å². The predicted octanol–water partition coefficient (Wildman–Crippen LogP) is 2.57. The van der Waals surface area contributed by atoms with Gasteiger partial charge in [0.05, 0.1) is 5.60 Å². The van der Waals surface area contributed by atoms with Gasteiger partial charge in [-0.05, 0) is 43.2 Å². The molecule has 0 saturated heterocycles. The average molecular weight is 185 g/mol. The normalized spacial score (nSPS) is 11.9. The van der Waals surface area contributed by atoms with Crippen molar-refractivity contribution in [2.75, 3.05) is 0 Å². The Labute approximate surface area is 77.5 Å². The highest BCUT2D eigenvalue weighted by Crippen LogP contribution is 2.07. The van der Waals surface area contributed by atoms with Crippen molar-refractivity contribution < 1.29 is 4.84 Å². The highest BCUT2D eigenvalue weighted by Gasteiger charge is 2.09. The quantitative estimate of drug-likeness (QED) is 0.731. The van der Waals surface area contributed by atoms with E-state index in [1.165, 1.54) is 5.56 Å². The summed E-state index contributed by atoms with van der Waals surface area (Å²) in [6.45, 7) is 6.84. The molecule has 1 aromatic heterocycles. The van der Waals surface area contributed by atoms with Gasteiger partial charge in [0.15, 0.2) is 0 Å². The van der Waals surface area contributed by atoms with E-state index < -0.39 is 0 Å². The van der Waals surface area contributed by atoms with Crippen LogP contribution in [0.2, 0.25) is 0 Å². The Balaban J connectivity index is 2.20. The summed E-state index contributed by atoms with van der Waals surface area (Å²) < 4.78 is 0. The van der Waals surface area contributed by atoms with Crippen LogP contribution >= 0.6 is 11.3 Å². The van der Waals surface area contributed by atoms with Crippen LogP contribution in [-0.2, 0) is 11.4 Å². The zero-order valence-corrected chi connectivity index (χ0v) is 8.57. The van der Waals surface area contributed by atoms with E-state index in [4.69, 9.17) is 4.84 Å². The van der Waals surface area contributed by atoms with E-state index in [0.29, 0.717) is 0 Å². The number of hydrogen-bond acceptors (Lipinski definition) is 3. The summed E-state index contributed by atoms with van der Waals surface area (Å²) in [4.78, 5) is 5.36. The van der Waals surface area contributed by atoms with Crippen LogP contribution in [0.4, 0.5) is 0 Å². The minimum absolute atomic E-state index is 0.115. The summed E-state index contributed by atoms with van der Waals surface area (Å²) >= 11 is 1.70. The SMILES string of the molecule is CC(C)(C)ONCc1ccsc1. The van der Waals surface area contributed by atoms with E-state index in [2.05, 4.69) is 22.3 Å². The van der Waals surface area contributed by atoms with Gasteiger partial charge in [-0.1, -0.05) is 0 Å². The van der Waals surface area contributed by atoms with Crippen molar-refractivity contribution in [3.63, 3.8) is 0 Å². The third-order valence-corrected chi connectivity index (χ3v) is 1.97. The van der Waals surface area contributed by atoms with Crippen LogP contribution in [-0.4, -0.2) is 5.60 Å². The Kier molecular flexibility index (Phi) is 3.26. The zero-order chi connectivity index (χ0) is 9.03. The molecule has 1 aromatic rings. The van der Waals surface area contributed by atoms with Gasteiger partial charge in [0.25, 0.3) is 0 Å². The van der Waals surface area contributed by atoms with Crippen LogP contribution in [0.25, 0.3) is 0 Å². The lowest BCUT2D eigenvalue weighted by atomic mass is 10.2. The second kappa shape index (κ2) is 4.03. The van der Waals surface area contributed by atoms with E-state index in [1.807, 2.05) is 20.8 Å². The number of rotatable bonds is 3. The van der Waals surface area contributed by atoms with E-state index in [9.17, 15) is 0 Å². The van der Waals surface area contributed by atoms with Crippen molar-refractivity contribution in [2.45, 2.75) is 32.9 Å². The monoisotopic (exact) mass is 185 g/mol. The molecule has 3 heteroatoms. The fourth-order valence-corrected chi connectivity index (χ4v) is 1.40. The number of nitrogens with one attached hydrogen (secondary N) is 1. The fraction of sp³-hybridized carbons (Fsp3) is 0.556. The zero-order valence-electron chi connectivity index (χ0n) is 7.76. The molecule has 1 N–H and O–H groups in total. The first-order valence-electron chi connectivity index (χ1n) is 4.00.